The molecule has 0 amide bonds. The van der Waals surface area contributed by atoms with E-state index in [1.165, 1.54) is 0 Å². The van der Waals surface area contributed by atoms with Crippen molar-refractivity contribution in [3.63, 3.8) is 0 Å². The first-order valence-electron chi connectivity index (χ1n) is 1.85. The molecule has 0 aliphatic rings. The van der Waals surface area contributed by atoms with Crippen molar-refractivity contribution in [1.29, 1.82) is 0 Å². The van der Waals surface area contributed by atoms with Gasteiger partial charge in [0.15, 0.2) is 0 Å². The van der Waals surface area contributed by atoms with Gasteiger partial charge >= 0.3 is 17.4 Å². The van der Waals surface area contributed by atoms with Crippen LogP contribution in [-0.4, -0.2) is 0 Å². The number of hydrogen-bond donors (Lipinski definition) is 0. The van der Waals surface area contributed by atoms with Crippen molar-refractivity contribution >= 4 is 0 Å². The van der Waals surface area contributed by atoms with Crippen LogP contribution in [0.25, 0.3) is 0 Å². The van der Waals surface area contributed by atoms with Crippen LogP contribution >= 0.6 is 0 Å². The molecule has 0 aliphatic carbocycles. The van der Waals surface area contributed by atoms with Gasteiger partial charge < -0.3 is 0 Å². The molecule has 0 spiro atoms. The van der Waals surface area contributed by atoms with Crippen LogP contribution in [0.5, 0.6) is 0 Å². The van der Waals surface area contributed by atoms with Crippen LogP contribution in [-0.2, 0) is 17.4 Å². The van der Waals surface area contributed by atoms with E-state index in [2.05, 4.69) is 0 Å². The number of hydrogen-bond acceptors (Lipinski definition) is 12. The first-order valence-corrected chi connectivity index (χ1v) is 5.55. The van der Waals surface area contributed by atoms with Crippen LogP contribution in [0.3, 0.4) is 0 Å². The second kappa shape index (κ2) is 9.90. The average molecular weight is 350 g/mol. The molecule has 0 fully saturated rings. The summed E-state index contributed by atoms with van der Waals surface area (Å²) in [6.07, 6.45) is 0. The zero-order valence-corrected chi connectivity index (χ0v) is 9.98. The van der Waals surface area contributed by atoms with Gasteiger partial charge in [0.05, 0.1) is 0 Å². The van der Waals surface area contributed by atoms with Crippen LogP contribution in [0.15, 0.2) is 0 Å². The largest absolute Gasteiger partial charge is 3.00 e. The molecule has 12 nitrogen and oxygen atoms in total. The smallest absolute Gasteiger partial charge is 0.222 e. The van der Waals surface area contributed by atoms with E-state index in [0.717, 1.165) is 0 Å². The first-order chi connectivity index (χ1) is 6.00. The summed E-state index contributed by atoms with van der Waals surface area (Å²) in [5.74, 6) is 0. The van der Waals surface area contributed by atoms with Gasteiger partial charge in [-0.05, 0) is 0 Å². The minimum Gasteiger partial charge on any atom is -0.222 e. The molecule has 0 bridgehead atoms. The molecule has 0 rings (SSSR count). The van der Waals surface area contributed by atoms with Gasteiger partial charge in [-0.2, -0.15) is 0 Å². The van der Waals surface area contributed by atoms with Gasteiger partial charge in [-0.25, -0.2) is 55.9 Å². The van der Waals surface area contributed by atoms with Crippen LogP contribution in [0.4, 0.5) is 0 Å². The quantitative estimate of drug-likeness (QED) is 0.393. The van der Waals surface area contributed by atoms with Crippen molar-refractivity contribution in [2.24, 2.45) is 0 Å². The fourth-order valence-electron chi connectivity index (χ4n) is 0. The SMILES string of the molecule is [Cr+3].[O-][Cl+3]([O-])([O-])[O-].[O-][Cl+3]([O-])([O-])[O-].[O-][Cl+3]([O-])([O-])[O-]. The van der Waals surface area contributed by atoms with E-state index >= 15 is 0 Å². The predicted molar refractivity (Wildman–Crippen MR) is 0 cm³/mol. The number of rotatable bonds is 0. The second-order valence-corrected chi connectivity index (χ2v) is 3.40. The summed E-state index contributed by atoms with van der Waals surface area (Å²) in [5.41, 5.74) is 0. The van der Waals surface area contributed by atoms with E-state index in [0.29, 0.717) is 0 Å². The van der Waals surface area contributed by atoms with Crippen molar-refractivity contribution < 1.29 is 104 Å². The number of halogens is 3. The van der Waals surface area contributed by atoms with Gasteiger partial charge in [0.25, 0.3) is 0 Å². The molecular formula is Cl3CrO12. The molecule has 0 aliphatic heterocycles. The van der Waals surface area contributed by atoms with E-state index in [-0.39, 0.29) is 17.4 Å². The zero-order valence-electron chi connectivity index (χ0n) is 6.44. The molecule has 0 unspecified atom stereocenters. The molecule has 0 heterocycles. The average Bonchev–Trinajstić information content (AvgIpc) is 1.41. The molecule has 0 saturated carbocycles. The maximum absolute atomic E-state index is 8.49. The molecular weight excluding hydrogens is 350 g/mol. The van der Waals surface area contributed by atoms with E-state index in [1.807, 2.05) is 0 Å². The van der Waals surface area contributed by atoms with Crippen molar-refractivity contribution in [3.8, 4) is 0 Å². The monoisotopic (exact) mass is 349 g/mol. The molecule has 99 valence electrons. The Bertz CT molecular complexity index is 91.3. The van der Waals surface area contributed by atoms with Gasteiger partial charge in [0.2, 0.25) is 0 Å². The fraction of sp³-hybridized carbons (Fsp3) is 0. The topological polar surface area (TPSA) is 277 Å². The van der Waals surface area contributed by atoms with Crippen molar-refractivity contribution in [1.82, 2.24) is 0 Å². The summed E-state index contributed by atoms with van der Waals surface area (Å²) in [6, 6.07) is 0. The van der Waals surface area contributed by atoms with E-state index in [4.69, 9.17) is 55.9 Å². The van der Waals surface area contributed by atoms with Crippen LogP contribution in [0.2, 0.25) is 0 Å². The Hall–Kier alpha value is 0.922. The third kappa shape index (κ3) is 3400. The summed E-state index contributed by atoms with van der Waals surface area (Å²) >= 11 is 0. The van der Waals surface area contributed by atoms with Gasteiger partial charge in [0.1, 0.15) is 0 Å². The molecule has 1 radical (unpaired) electrons. The van der Waals surface area contributed by atoms with Crippen molar-refractivity contribution in [2.45, 2.75) is 0 Å². The third-order valence-electron chi connectivity index (χ3n) is 0. The van der Waals surface area contributed by atoms with Crippen molar-refractivity contribution in [2.75, 3.05) is 0 Å². The predicted octanol–water partition coefficient (Wildman–Crippen LogP) is -14.3. The summed E-state index contributed by atoms with van der Waals surface area (Å²) in [5, 5.41) is 0. The first kappa shape index (κ1) is 25.7. The van der Waals surface area contributed by atoms with Crippen LogP contribution in [0, 0.1) is 30.7 Å². The summed E-state index contributed by atoms with van der Waals surface area (Å²) in [7, 11) is -14.8. The van der Waals surface area contributed by atoms with E-state index in [9.17, 15) is 0 Å². The minimum absolute atomic E-state index is 0. The normalized spacial score (nSPS) is 11.2. The van der Waals surface area contributed by atoms with Gasteiger partial charge in [-0.1, -0.05) is 0 Å². The summed E-state index contributed by atoms with van der Waals surface area (Å²) < 4.78 is 102. The molecule has 0 atom stereocenters. The molecule has 0 aromatic rings. The minimum atomic E-state index is -4.94. The molecule has 0 N–H and O–H groups in total. The van der Waals surface area contributed by atoms with Crippen molar-refractivity contribution in [3.05, 3.63) is 0 Å². The van der Waals surface area contributed by atoms with Crippen LogP contribution in [0.1, 0.15) is 0 Å². The van der Waals surface area contributed by atoms with E-state index < -0.39 is 30.7 Å². The maximum Gasteiger partial charge on any atom is 3.00 e. The summed E-state index contributed by atoms with van der Waals surface area (Å²) in [6.45, 7) is 0. The third-order valence-corrected chi connectivity index (χ3v) is 0. The zero-order chi connectivity index (χ0) is 13.5. The second-order valence-electron chi connectivity index (χ2n) is 1.13. The fourth-order valence-corrected chi connectivity index (χ4v) is 0. The van der Waals surface area contributed by atoms with Gasteiger partial charge in [0, 0.05) is 0 Å². The van der Waals surface area contributed by atoms with Crippen LogP contribution < -0.4 is 55.9 Å². The Balaban J connectivity index is -0.0000000655. The molecule has 0 aromatic heterocycles. The molecule has 0 saturated heterocycles. The van der Waals surface area contributed by atoms with Gasteiger partial charge in [-0.3, -0.25) is 0 Å². The Labute approximate surface area is 104 Å². The maximum atomic E-state index is 8.49. The standard InChI is InChI=1S/3ClHO4.Cr/c3*2-1(3,4)5;/h3*(H,2,3,4,5);/q;;;+3/p-3. The molecule has 0 aromatic carbocycles. The Morgan fingerprint density at radius 1 is 0.312 bits per heavy atom. The van der Waals surface area contributed by atoms with Gasteiger partial charge in [-0.15, -0.1) is 30.7 Å². The summed E-state index contributed by atoms with van der Waals surface area (Å²) in [4.78, 5) is 0. The van der Waals surface area contributed by atoms with E-state index in [1.54, 1.807) is 0 Å². The Morgan fingerprint density at radius 2 is 0.312 bits per heavy atom. The molecule has 16 heteroatoms. The Morgan fingerprint density at radius 3 is 0.312 bits per heavy atom. The Kier molecular flexibility index (Phi) is 15.9. The molecule has 16 heavy (non-hydrogen) atoms.